The number of hydrogen-bond donors (Lipinski definition) is 2. The third kappa shape index (κ3) is 4.24. The summed E-state index contributed by atoms with van der Waals surface area (Å²) < 4.78 is 5.00. The first-order chi connectivity index (χ1) is 7.63. The number of thiol groups is 1. The molecule has 1 unspecified atom stereocenters. The average Bonchev–Trinajstić information content (AvgIpc) is 2.26. The van der Waals surface area contributed by atoms with Crippen molar-refractivity contribution in [3.8, 4) is 0 Å². The molecule has 0 bridgehead atoms. The van der Waals surface area contributed by atoms with Crippen LogP contribution in [0.5, 0.6) is 0 Å². The third-order valence-corrected chi connectivity index (χ3v) is 2.45. The highest BCUT2D eigenvalue weighted by Gasteiger charge is 2.07. The Hall–Kier alpha value is -1.00. The highest BCUT2D eigenvalue weighted by molar-refractivity contribution is 7.80. The Morgan fingerprint density at radius 1 is 1.56 bits per heavy atom. The lowest BCUT2D eigenvalue weighted by atomic mass is 10.1. The van der Waals surface area contributed by atoms with E-state index >= 15 is 0 Å². The van der Waals surface area contributed by atoms with Crippen LogP contribution in [0.1, 0.15) is 17.3 Å². The summed E-state index contributed by atoms with van der Waals surface area (Å²) in [5.41, 5.74) is 0.636. The Labute approximate surface area is 102 Å². The molecule has 4 heteroatoms. The predicted molar refractivity (Wildman–Crippen MR) is 67.1 cm³/mol. The number of carbonyl (C=O) groups excluding carboxylic acids is 1. The lowest BCUT2D eigenvalue weighted by Crippen LogP contribution is -2.29. The first kappa shape index (κ1) is 13.1. The van der Waals surface area contributed by atoms with Crippen LogP contribution in [-0.4, -0.2) is 26.2 Å². The van der Waals surface area contributed by atoms with Gasteiger partial charge in [0.25, 0.3) is 5.91 Å². The minimum atomic E-state index is -0.0705. The summed E-state index contributed by atoms with van der Waals surface area (Å²) in [6.45, 7) is 3.29. The van der Waals surface area contributed by atoms with Crippen LogP contribution in [0.3, 0.4) is 0 Å². The predicted octanol–water partition coefficient (Wildman–Crippen LogP) is 1.99. The van der Waals surface area contributed by atoms with Gasteiger partial charge in [0.1, 0.15) is 0 Å². The first-order valence-corrected chi connectivity index (χ1v) is 5.64. The molecule has 0 aliphatic rings. The van der Waals surface area contributed by atoms with Gasteiger partial charge in [-0.15, -0.1) is 12.6 Å². The number of methoxy groups -OCH3 is 1. The molecule has 0 aliphatic heterocycles. The summed E-state index contributed by atoms with van der Waals surface area (Å²) in [5.74, 6) is 0.243. The second-order valence-corrected chi connectivity index (χ2v) is 4.34. The van der Waals surface area contributed by atoms with Crippen LogP contribution in [0.25, 0.3) is 0 Å². The number of benzene rings is 1. The Morgan fingerprint density at radius 3 is 2.94 bits per heavy atom. The van der Waals surface area contributed by atoms with Gasteiger partial charge in [-0.2, -0.15) is 0 Å². The first-order valence-electron chi connectivity index (χ1n) is 5.19. The Kier molecular flexibility index (Phi) is 5.35. The van der Waals surface area contributed by atoms with Gasteiger partial charge in [-0.1, -0.05) is 13.0 Å². The number of carbonyl (C=O) groups is 1. The fourth-order valence-corrected chi connectivity index (χ4v) is 1.58. The van der Waals surface area contributed by atoms with Gasteiger partial charge >= 0.3 is 0 Å². The van der Waals surface area contributed by atoms with Crippen LogP contribution >= 0.6 is 12.6 Å². The molecule has 1 aromatic carbocycles. The zero-order valence-corrected chi connectivity index (χ0v) is 10.5. The lowest BCUT2D eigenvalue weighted by molar-refractivity contribution is 0.0934. The molecule has 1 amide bonds. The van der Waals surface area contributed by atoms with Gasteiger partial charge in [0.15, 0.2) is 0 Å². The zero-order valence-electron chi connectivity index (χ0n) is 9.56. The largest absolute Gasteiger partial charge is 0.384 e. The van der Waals surface area contributed by atoms with Gasteiger partial charge in [-0.05, 0) is 24.1 Å². The summed E-state index contributed by atoms with van der Waals surface area (Å²) in [4.78, 5) is 12.5. The number of ether oxygens (including phenoxy) is 1. The van der Waals surface area contributed by atoms with Crippen molar-refractivity contribution in [1.82, 2.24) is 5.32 Å². The summed E-state index contributed by atoms with van der Waals surface area (Å²) in [5, 5.41) is 2.86. The summed E-state index contributed by atoms with van der Waals surface area (Å²) in [6.07, 6.45) is 0. The second kappa shape index (κ2) is 6.55. The van der Waals surface area contributed by atoms with Crippen LogP contribution in [0.15, 0.2) is 29.2 Å². The normalized spacial score (nSPS) is 12.2. The van der Waals surface area contributed by atoms with Gasteiger partial charge in [0, 0.05) is 24.1 Å². The van der Waals surface area contributed by atoms with Gasteiger partial charge in [-0.3, -0.25) is 4.79 Å². The van der Waals surface area contributed by atoms with E-state index in [4.69, 9.17) is 4.74 Å². The molecule has 1 aromatic rings. The van der Waals surface area contributed by atoms with E-state index in [1.165, 1.54) is 0 Å². The highest BCUT2D eigenvalue weighted by atomic mass is 32.1. The fraction of sp³-hybridized carbons (Fsp3) is 0.417. The zero-order chi connectivity index (χ0) is 12.0. The van der Waals surface area contributed by atoms with Gasteiger partial charge in [-0.25, -0.2) is 0 Å². The van der Waals surface area contributed by atoms with Crippen molar-refractivity contribution in [1.29, 1.82) is 0 Å². The minimum absolute atomic E-state index is 0.0705. The molecule has 16 heavy (non-hydrogen) atoms. The van der Waals surface area contributed by atoms with Crippen molar-refractivity contribution < 1.29 is 9.53 Å². The van der Waals surface area contributed by atoms with Crippen LogP contribution < -0.4 is 5.32 Å². The van der Waals surface area contributed by atoms with Crippen molar-refractivity contribution in [2.24, 2.45) is 5.92 Å². The molecule has 0 saturated carbocycles. The average molecular weight is 239 g/mol. The van der Waals surface area contributed by atoms with Crippen molar-refractivity contribution in [2.45, 2.75) is 11.8 Å². The van der Waals surface area contributed by atoms with Gasteiger partial charge in [0.05, 0.1) is 6.61 Å². The molecule has 0 aromatic heterocycles. The molecule has 88 valence electrons. The molecule has 0 saturated heterocycles. The molecule has 0 aliphatic carbocycles. The molecule has 1 N–H and O–H groups in total. The Morgan fingerprint density at radius 2 is 2.31 bits per heavy atom. The van der Waals surface area contributed by atoms with Crippen LogP contribution in [-0.2, 0) is 4.74 Å². The number of nitrogens with one attached hydrogen (secondary N) is 1. The number of rotatable bonds is 5. The molecule has 0 fully saturated rings. The second-order valence-electron chi connectivity index (χ2n) is 3.82. The molecule has 0 heterocycles. The summed E-state index contributed by atoms with van der Waals surface area (Å²) in [7, 11) is 1.66. The monoisotopic (exact) mass is 239 g/mol. The fourth-order valence-electron chi connectivity index (χ4n) is 1.36. The summed E-state index contributed by atoms with van der Waals surface area (Å²) >= 11 is 4.19. The van der Waals surface area contributed by atoms with E-state index in [2.05, 4.69) is 17.9 Å². The standard InChI is InChI=1S/C12H17NO2S/c1-9(8-15-2)7-13-12(14)10-4-3-5-11(16)6-10/h3-6,9,16H,7-8H2,1-2H3,(H,13,14). The van der Waals surface area contributed by atoms with Gasteiger partial charge < -0.3 is 10.1 Å². The van der Waals surface area contributed by atoms with Crippen molar-refractivity contribution >= 4 is 18.5 Å². The Bertz CT molecular complexity index is 355. The Balaban J connectivity index is 2.47. The highest BCUT2D eigenvalue weighted by Crippen LogP contribution is 2.08. The molecule has 1 rings (SSSR count). The van der Waals surface area contributed by atoms with E-state index in [9.17, 15) is 4.79 Å². The quantitative estimate of drug-likeness (QED) is 0.771. The van der Waals surface area contributed by atoms with E-state index in [-0.39, 0.29) is 5.91 Å². The maximum absolute atomic E-state index is 11.7. The van der Waals surface area contributed by atoms with Crippen LogP contribution in [0, 0.1) is 5.92 Å². The molecule has 0 radical (unpaired) electrons. The van der Waals surface area contributed by atoms with Crippen LogP contribution in [0.2, 0.25) is 0 Å². The third-order valence-electron chi connectivity index (χ3n) is 2.17. The van der Waals surface area contributed by atoms with Crippen molar-refractivity contribution in [3.05, 3.63) is 29.8 Å². The van der Waals surface area contributed by atoms with E-state index < -0.39 is 0 Å². The maximum atomic E-state index is 11.7. The van der Waals surface area contributed by atoms with E-state index in [0.717, 1.165) is 4.90 Å². The van der Waals surface area contributed by atoms with Gasteiger partial charge in [0.2, 0.25) is 0 Å². The molecule has 0 spiro atoms. The SMILES string of the molecule is COCC(C)CNC(=O)c1cccc(S)c1. The van der Waals surface area contributed by atoms with E-state index in [1.807, 2.05) is 19.1 Å². The van der Waals surface area contributed by atoms with Crippen molar-refractivity contribution in [2.75, 3.05) is 20.3 Å². The summed E-state index contributed by atoms with van der Waals surface area (Å²) in [6, 6.07) is 7.18. The molecule has 1 atom stereocenters. The lowest BCUT2D eigenvalue weighted by Gasteiger charge is -2.11. The molecular formula is C12H17NO2S. The topological polar surface area (TPSA) is 38.3 Å². The minimum Gasteiger partial charge on any atom is -0.384 e. The van der Waals surface area contributed by atoms with Crippen LogP contribution in [0.4, 0.5) is 0 Å². The van der Waals surface area contributed by atoms with E-state index in [1.54, 1.807) is 19.2 Å². The maximum Gasteiger partial charge on any atom is 0.251 e. The van der Waals surface area contributed by atoms with Crippen molar-refractivity contribution in [3.63, 3.8) is 0 Å². The van der Waals surface area contributed by atoms with E-state index in [0.29, 0.717) is 24.6 Å². The molecule has 3 nitrogen and oxygen atoms in total. The number of hydrogen-bond acceptors (Lipinski definition) is 3. The number of amides is 1. The molecular weight excluding hydrogens is 222 g/mol. The smallest absolute Gasteiger partial charge is 0.251 e.